The van der Waals surface area contributed by atoms with Crippen LogP contribution in [0.4, 0.5) is 5.69 Å². The Morgan fingerprint density at radius 3 is 2.57 bits per heavy atom. The van der Waals surface area contributed by atoms with Crippen LogP contribution >= 0.6 is 0 Å². The third-order valence-corrected chi connectivity index (χ3v) is 3.86. The van der Waals surface area contributed by atoms with E-state index < -0.39 is 11.8 Å². The molecule has 5 heteroatoms. The fourth-order valence-electron chi connectivity index (χ4n) is 2.14. The number of hydrogen-bond acceptors (Lipinski definition) is 3. The summed E-state index contributed by atoms with van der Waals surface area (Å²) in [5.74, 6) is -0.971. The number of carbonyl (C=O) groups excluding carboxylic acids is 2. The van der Waals surface area contributed by atoms with Crippen LogP contribution in [0.25, 0.3) is 0 Å². The summed E-state index contributed by atoms with van der Waals surface area (Å²) in [6, 6.07) is 5.50. The van der Waals surface area contributed by atoms with Crippen molar-refractivity contribution < 1.29 is 14.7 Å². The Morgan fingerprint density at radius 2 is 1.95 bits per heavy atom. The van der Waals surface area contributed by atoms with Crippen LogP contribution in [0.15, 0.2) is 18.2 Å². The first kappa shape index (κ1) is 15.5. The minimum absolute atomic E-state index is 0.316. The van der Waals surface area contributed by atoms with E-state index in [1.807, 2.05) is 26.0 Å². The number of aryl methyl sites for hydroxylation is 2. The van der Waals surface area contributed by atoms with Crippen LogP contribution in [-0.2, 0) is 9.59 Å². The molecule has 0 radical (unpaired) electrons. The van der Waals surface area contributed by atoms with Gasteiger partial charge in [0.1, 0.15) is 0 Å². The Hall–Kier alpha value is -1.88. The van der Waals surface area contributed by atoms with E-state index >= 15 is 0 Å². The standard InChI is InChI=1S/C16H22N2O3/c1-10-3-6-13(9-11(10)2)18-16(21)15(20)17-8-7-14(19)12-4-5-12/h3,6,9,12,14,19H,4-5,7-8H2,1-2H3,(H,17,20)(H,18,21)/t14-/m1/s1. The second kappa shape index (κ2) is 6.72. The van der Waals surface area contributed by atoms with Crippen molar-refractivity contribution in [1.82, 2.24) is 5.32 Å². The summed E-state index contributed by atoms with van der Waals surface area (Å²) < 4.78 is 0. The maximum Gasteiger partial charge on any atom is 0.313 e. The highest BCUT2D eigenvalue weighted by Crippen LogP contribution is 2.33. The van der Waals surface area contributed by atoms with Gasteiger partial charge in [-0.3, -0.25) is 9.59 Å². The molecule has 1 aliphatic carbocycles. The summed E-state index contributed by atoms with van der Waals surface area (Å²) in [4.78, 5) is 23.4. The van der Waals surface area contributed by atoms with Crippen molar-refractivity contribution in [3.8, 4) is 0 Å². The zero-order valence-corrected chi connectivity index (χ0v) is 12.5. The Labute approximate surface area is 124 Å². The van der Waals surface area contributed by atoms with Crippen molar-refractivity contribution in [1.29, 1.82) is 0 Å². The second-order valence-corrected chi connectivity index (χ2v) is 5.70. The molecule has 0 spiro atoms. The first-order valence-corrected chi connectivity index (χ1v) is 7.32. The van der Waals surface area contributed by atoms with Gasteiger partial charge in [-0.1, -0.05) is 6.07 Å². The molecule has 5 nitrogen and oxygen atoms in total. The van der Waals surface area contributed by atoms with Gasteiger partial charge in [-0.25, -0.2) is 0 Å². The van der Waals surface area contributed by atoms with Gasteiger partial charge in [-0.05, 0) is 62.3 Å². The normalized spacial score (nSPS) is 15.4. The molecular weight excluding hydrogens is 268 g/mol. The number of anilines is 1. The zero-order chi connectivity index (χ0) is 15.4. The van der Waals surface area contributed by atoms with Crippen LogP contribution in [0.5, 0.6) is 0 Å². The number of amides is 2. The number of aliphatic hydroxyl groups excluding tert-OH is 1. The molecular formula is C16H22N2O3. The number of carbonyl (C=O) groups is 2. The van der Waals surface area contributed by atoms with Crippen LogP contribution in [-0.4, -0.2) is 29.6 Å². The van der Waals surface area contributed by atoms with Gasteiger partial charge in [0.05, 0.1) is 6.10 Å². The van der Waals surface area contributed by atoms with E-state index in [9.17, 15) is 14.7 Å². The SMILES string of the molecule is Cc1ccc(NC(=O)C(=O)NCC[C@@H](O)C2CC2)cc1C. The molecule has 1 aliphatic rings. The van der Waals surface area contributed by atoms with Crippen molar-refractivity contribution in [2.45, 2.75) is 39.2 Å². The molecule has 114 valence electrons. The number of benzene rings is 1. The highest BCUT2D eigenvalue weighted by atomic mass is 16.3. The van der Waals surface area contributed by atoms with Crippen molar-refractivity contribution in [2.75, 3.05) is 11.9 Å². The summed E-state index contributed by atoms with van der Waals surface area (Å²) in [5, 5.41) is 14.8. The lowest BCUT2D eigenvalue weighted by atomic mass is 10.1. The molecule has 1 atom stereocenters. The Bertz CT molecular complexity index is 538. The highest BCUT2D eigenvalue weighted by molar-refractivity contribution is 6.39. The summed E-state index contributed by atoms with van der Waals surface area (Å²) in [6.07, 6.45) is 2.24. The molecule has 0 saturated heterocycles. The van der Waals surface area contributed by atoms with Gasteiger partial charge in [-0.15, -0.1) is 0 Å². The van der Waals surface area contributed by atoms with Gasteiger partial charge >= 0.3 is 11.8 Å². The van der Waals surface area contributed by atoms with Crippen molar-refractivity contribution in [3.05, 3.63) is 29.3 Å². The van der Waals surface area contributed by atoms with E-state index in [2.05, 4.69) is 10.6 Å². The third-order valence-electron chi connectivity index (χ3n) is 3.86. The Kier molecular flexibility index (Phi) is 4.96. The van der Waals surface area contributed by atoms with Gasteiger partial charge < -0.3 is 15.7 Å². The van der Waals surface area contributed by atoms with Crippen molar-refractivity contribution in [3.63, 3.8) is 0 Å². The molecule has 0 aliphatic heterocycles. The number of nitrogens with one attached hydrogen (secondary N) is 2. The second-order valence-electron chi connectivity index (χ2n) is 5.70. The highest BCUT2D eigenvalue weighted by Gasteiger charge is 2.29. The maximum absolute atomic E-state index is 11.7. The predicted octanol–water partition coefficient (Wildman–Crippen LogP) is 1.52. The average Bonchev–Trinajstić information content (AvgIpc) is 3.27. The Balaban J connectivity index is 1.76. The summed E-state index contributed by atoms with van der Waals surface area (Å²) in [6.45, 7) is 4.25. The fraction of sp³-hybridized carbons (Fsp3) is 0.500. The smallest absolute Gasteiger partial charge is 0.313 e. The van der Waals surface area contributed by atoms with E-state index in [-0.39, 0.29) is 6.10 Å². The van der Waals surface area contributed by atoms with E-state index in [0.29, 0.717) is 24.6 Å². The van der Waals surface area contributed by atoms with Crippen LogP contribution in [0, 0.1) is 19.8 Å². The molecule has 3 N–H and O–H groups in total. The van der Waals surface area contributed by atoms with Crippen LogP contribution in [0.3, 0.4) is 0 Å². The molecule has 21 heavy (non-hydrogen) atoms. The first-order chi connectivity index (χ1) is 9.97. The predicted molar refractivity (Wildman–Crippen MR) is 80.9 cm³/mol. The van der Waals surface area contributed by atoms with E-state index in [1.54, 1.807) is 6.07 Å². The monoisotopic (exact) mass is 290 g/mol. The molecule has 0 unspecified atom stereocenters. The maximum atomic E-state index is 11.7. The van der Waals surface area contributed by atoms with Crippen LogP contribution < -0.4 is 10.6 Å². The number of rotatable bonds is 5. The van der Waals surface area contributed by atoms with E-state index in [4.69, 9.17) is 0 Å². The quantitative estimate of drug-likeness (QED) is 0.719. The largest absolute Gasteiger partial charge is 0.393 e. The lowest BCUT2D eigenvalue weighted by Gasteiger charge is -2.10. The summed E-state index contributed by atoms with van der Waals surface area (Å²) in [7, 11) is 0. The summed E-state index contributed by atoms with van der Waals surface area (Å²) in [5.41, 5.74) is 2.79. The van der Waals surface area contributed by atoms with E-state index in [0.717, 1.165) is 24.0 Å². The van der Waals surface area contributed by atoms with Crippen molar-refractivity contribution in [2.24, 2.45) is 5.92 Å². The first-order valence-electron chi connectivity index (χ1n) is 7.32. The van der Waals surface area contributed by atoms with Crippen LogP contribution in [0.2, 0.25) is 0 Å². The van der Waals surface area contributed by atoms with E-state index in [1.165, 1.54) is 0 Å². The summed E-state index contributed by atoms with van der Waals surface area (Å²) >= 11 is 0. The molecule has 0 aromatic heterocycles. The van der Waals surface area contributed by atoms with Gasteiger partial charge in [0.2, 0.25) is 0 Å². The van der Waals surface area contributed by atoms with Crippen LogP contribution in [0.1, 0.15) is 30.4 Å². The van der Waals surface area contributed by atoms with Gasteiger partial charge in [0.15, 0.2) is 0 Å². The van der Waals surface area contributed by atoms with Gasteiger partial charge in [-0.2, -0.15) is 0 Å². The number of aliphatic hydroxyl groups is 1. The Morgan fingerprint density at radius 1 is 1.24 bits per heavy atom. The van der Waals surface area contributed by atoms with Crippen molar-refractivity contribution >= 4 is 17.5 Å². The minimum atomic E-state index is -0.681. The minimum Gasteiger partial charge on any atom is -0.393 e. The topological polar surface area (TPSA) is 78.4 Å². The lowest BCUT2D eigenvalue weighted by Crippen LogP contribution is -2.37. The molecule has 0 bridgehead atoms. The van der Waals surface area contributed by atoms with Gasteiger partial charge in [0.25, 0.3) is 0 Å². The third kappa shape index (κ3) is 4.56. The molecule has 1 saturated carbocycles. The molecule has 1 aromatic rings. The molecule has 1 aromatic carbocycles. The molecule has 2 rings (SSSR count). The molecule has 0 heterocycles. The van der Waals surface area contributed by atoms with Gasteiger partial charge in [0, 0.05) is 12.2 Å². The molecule has 2 amide bonds. The molecule has 1 fully saturated rings. The zero-order valence-electron chi connectivity index (χ0n) is 12.5. The lowest BCUT2D eigenvalue weighted by molar-refractivity contribution is -0.136. The average molecular weight is 290 g/mol. The fourth-order valence-corrected chi connectivity index (χ4v) is 2.14. The number of hydrogen-bond donors (Lipinski definition) is 3.